The molecule has 0 aromatic carbocycles. The second-order valence-electron chi connectivity index (χ2n) is 5.19. The van der Waals surface area contributed by atoms with Gasteiger partial charge in [-0.25, -0.2) is 0 Å². The lowest BCUT2D eigenvalue weighted by Gasteiger charge is -2.24. The number of rotatable bonds is 4. The van der Waals surface area contributed by atoms with Crippen LogP contribution >= 0.6 is 0 Å². The molecule has 16 heavy (non-hydrogen) atoms. The fourth-order valence-corrected chi connectivity index (χ4v) is 2.82. The normalized spacial score (nSPS) is 24.7. The maximum atomic E-state index is 10.0. The van der Waals surface area contributed by atoms with Gasteiger partial charge in [0.1, 0.15) is 11.9 Å². The van der Waals surface area contributed by atoms with Crippen molar-refractivity contribution in [1.82, 2.24) is 0 Å². The van der Waals surface area contributed by atoms with E-state index >= 15 is 0 Å². The summed E-state index contributed by atoms with van der Waals surface area (Å²) < 4.78 is 5.49. The molecule has 0 saturated heterocycles. The van der Waals surface area contributed by atoms with Crippen LogP contribution in [0.3, 0.4) is 0 Å². The lowest BCUT2D eigenvalue weighted by atomic mass is 9.85. The largest absolute Gasteiger partial charge is 0.496 e. The van der Waals surface area contributed by atoms with Crippen LogP contribution in [0.5, 0.6) is 0 Å². The van der Waals surface area contributed by atoms with Crippen LogP contribution in [0.15, 0.2) is 11.8 Å². The van der Waals surface area contributed by atoms with Gasteiger partial charge in [-0.2, -0.15) is 0 Å². The van der Waals surface area contributed by atoms with E-state index in [0.29, 0.717) is 0 Å². The average Bonchev–Trinajstić information content (AvgIpc) is 2.38. The maximum Gasteiger partial charge on any atom is 0.120 e. The molecule has 1 unspecified atom stereocenters. The highest BCUT2D eigenvalue weighted by molar-refractivity contribution is 5.02. The molecule has 2 nitrogen and oxygen atoms in total. The molecule has 1 fully saturated rings. The first-order valence-corrected chi connectivity index (χ1v) is 6.87. The molecule has 1 atom stereocenters. The van der Waals surface area contributed by atoms with E-state index in [4.69, 9.17) is 4.74 Å². The zero-order chi connectivity index (χ0) is 11.2. The molecule has 0 radical (unpaired) electrons. The highest BCUT2D eigenvalue weighted by Crippen LogP contribution is 2.29. The van der Waals surface area contributed by atoms with Crippen LogP contribution in [0.2, 0.25) is 0 Å². The zero-order valence-corrected chi connectivity index (χ0v) is 10.2. The van der Waals surface area contributed by atoms with Crippen molar-refractivity contribution in [3.05, 3.63) is 11.8 Å². The molecule has 2 heteroatoms. The van der Waals surface area contributed by atoms with E-state index in [1.807, 2.05) is 0 Å². The van der Waals surface area contributed by atoms with Crippen molar-refractivity contribution in [3.8, 4) is 0 Å². The van der Waals surface area contributed by atoms with Crippen LogP contribution in [0, 0.1) is 5.92 Å². The van der Waals surface area contributed by atoms with E-state index in [2.05, 4.69) is 6.08 Å². The number of hydrogen-bond acceptors (Lipinski definition) is 2. The van der Waals surface area contributed by atoms with Gasteiger partial charge in [-0.15, -0.1) is 0 Å². The summed E-state index contributed by atoms with van der Waals surface area (Å²) in [4.78, 5) is 0. The SMILES string of the molecule is OC(CCC1CCCCC1)C1=CCCCO1. The van der Waals surface area contributed by atoms with Gasteiger partial charge in [0, 0.05) is 0 Å². The fourth-order valence-electron chi connectivity index (χ4n) is 2.82. The molecule has 2 rings (SSSR count). The first-order valence-electron chi connectivity index (χ1n) is 6.87. The van der Waals surface area contributed by atoms with Gasteiger partial charge in [0.05, 0.1) is 6.61 Å². The van der Waals surface area contributed by atoms with E-state index in [-0.39, 0.29) is 6.10 Å². The molecule has 1 N–H and O–H groups in total. The van der Waals surface area contributed by atoms with Crippen molar-refractivity contribution in [3.63, 3.8) is 0 Å². The van der Waals surface area contributed by atoms with Gasteiger partial charge in [-0.1, -0.05) is 32.1 Å². The van der Waals surface area contributed by atoms with E-state index < -0.39 is 0 Å². The van der Waals surface area contributed by atoms with Crippen molar-refractivity contribution in [1.29, 1.82) is 0 Å². The molecule has 1 saturated carbocycles. The summed E-state index contributed by atoms with van der Waals surface area (Å²) in [5.74, 6) is 1.69. The van der Waals surface area contributed by atoms with E-state index in [9.17, 15) is 5.11 Å². The summed E-state index contributed by atoms with van der Waals surface area (Å²) in [5.41, 5.74) is 0. The smallest absolute Gasteiger partial charge is 0.120 e. The number of hydrogen-bond donors (Lipinski definition) is 1. The minimum absolute atomic E-state index is 0.345. The summed E-state index contributed by atoms with van der Waals surface area (Å²) in [6, 6.07) is 0. The molecule has 0 aromatic rings. The van der Waals surface area contributed by atoms with Gasteiger partial charge in [-0.05, 0) is 37.7 Å². The Morgan fingerprint density at radius 2 is 2.06 bits per heavy atom. The van der Waals surface area contributed by atoms with E-state index in [1.54, 1.807) is 0 Å². The van der Waals surface area contributed by atoms with E-state index in [0.717, 1.165) is 37.5 Å². The Kier molecular flexibility index (Phi) is 4.70. The predicted octanol–water partition coefficient (Wildman–Crippen LogP) is 3.40. The van der Waals surface area contributed by atoms with Crippen LogP contribution < -0.4 is 0 Å². The molecule has 0 amide bonds. The second-order valence-corrected chi connectivity index (χ2v) is 5.19. The Bertz CT molecular complexity index is 229. The summed E-state index contributed by atoms with van der Waals surface area (Å²) in [6.07, 6.45) is 12.9. The Balaban J connectivity index is 1.69. The third kappa shape index (κ3) is 3.51. The Morgan fingerprint density at radius 1 is 1.25 bits per heavy atom. The van der Waals surface area contributed by atoms with Gasteiger partial charge in [0.15, 0.2) is 0 Å². The first kappa shape index (κ1) is 12.0. The van der Waals surface area contributed by atoms with Crippen molar-refractivity contribution in [2.75, 3.05) is 6.61 Å². The van der Waals surface area contributed by atoms with Crippen LogP contribution in [0.25, 0.3) is 0 Å². The number of aliphatic hydroxyl groups is 1. The minimum atomic E-state index is -0.345. The van der Waals surface area contributed by atoms with Crippen molar-refractivity contribution < 1.29 is 9.84 Å². The lowest BCUT2D eigenvalue weighted by Crippen LogP contribution is -2.18. The van der Waals surface area contributed by atoms with Crippen molar-refractivity contribution in [2.24, 2.45) is 5.92 Å². The van der Waals surface area contributed by atoms with Gasteiger partial charge in [0.25, 0.3) is 0 Å². The number of ether oxygens (including phenoxy) is 1. The predicted molar refractivity (Wildman–Crippen MR) is 65.1 cm³/mol. The summed E-state index contributed by atoms with van der Waals surface area (Å²) in [7, 11) is 0. The molecular formula is C14H24O2. The molecule has 1 aliphatic heterocycles. The van der Waals surface area contributed by atoms with Gasteiger partial charge in [0.2, 0.25) is 0 Å². The molecule has 0 aromatic heterocycles. The molecule has 2 aliphatic rings. The highest BCUT2D eigenvalue weighted by Gasteiger charge is 2.18. The molecular weight excluding hydrogens is 200 g/mol. The monoisotopic (exact) mass is 224 g/mol. The zero-order valence-electron chi connectivity index (χ0n) is 10.2. The van der Waals surface area contributed by atoms with E-state index in [1.165, 1.54) is 38.5 Å². The number of aliphatic hydroxyl groups excluding tert-OH is 1. The summed E-state index contributed by atoms with van der Waals surface area (Å²) >= 11 is 0. The lowest BCUT2D eigenvalue weighted by molar-refractivity contribution is 0.0810. The molecule has 0 bridgehead atoms. The number of allylic oxidation sites excluding steroid dienone is 1. The van der Waals surface area contributed by atoms with Crippen molar-refractivity contribution in [2.45, 2.75) is 63.9 Å². The van der Waals surface area contributed by atoms with Crippen molar-refractivity contribution >= 4 is 0 Å². The molecule has 92 valence electrons. The maximum absolute atomic E-state index is 10.0. The Morgan fingerprint density at radius 3 is 2.75 bits per heavy atom. The topological polar surface area (TPSA) is 29.5 Å². The average molecular weight is 224 g/mol. The highest BCUT2D eigenvalue weighted by atomic mass is 16.5. The summed E-state index contributed by atoms with van der Waals surface area (Å²) in [5, 5.41) is 10.0. The fraction of sp³-hybridized carbons (Fsp3) is 0.857. The van der Waals surface area contributed by atoms with Gasteiger partial charge >= 0.3 is 0 Å². The van der Waals surface area contributed by atoms with Crippen LogP contribution in [-0.2, 0) is 4.74 Å². The third-order valence-electron chi connectivity index (χ3n) is 3.86. The summed E-state index contributed by atoms with van der Waals surface area (Å²) in [6.45, 7) is 0.784. The van der Waals surface area contributed by atoms with Crippen LogP contribution in [-0.4, -0.2) is 17.8 Å². The first-order chi connectivity index (χ1) is 7.86. The third-order valence-corrected chi connectivity index (χ3v) is 3.86. The van der Waals surface area contributed by atoms with Gasteiger partial charge < -0.3 is 9.84 Å². The second kappa shape index (κ2) is 6.29. The minimum Gasteiger partial charge on any atom is -0.496 e. The van der Waals surface area contributed by atoms with Crippen LogP contribution in [0.1, 0.15) is 57.8 Å². The standard InChI is InChI=1S/C14H24O2/c15-13(14-8-4-5-11-16-14)10-9-12-6-2-1-3-7-12/h8,12-13,15H,1-7,9-11H2. The quantitative estimate of drug-likeness (QED) is 0.793. The Hall–Kier alpha value is -0.500. The van der Waals surface area contributed by atoms with Crippen LogP contribution in [0.4, 0.5) is 0 Å². The molecule has 1 aliphatic carbocycles. The molecule has 1 heterocycles. The van der Waals surface area contributed by atoms with Gasteiger partial charge in [-0.3, -0.25) is 0 Å². The Labute approximate surface area is 98.7 Å². The molecule has 0 spiro atoms.